The first kappa shape index (κ1) is 58.5. The molecule has 2 aliphatic heterocycles. The fourth-order valence-corrected chi connectivity index (χ4v) is 18.9. The molecule has 0 saturated heterocycles. The van der Waals surface area contributed by atoms with Crippen molar-refractivity contribution >= 4 is 145 Å². The molecular weight excluding hydrogens is 1470 g/mol. The molecule has 0 bridgehead atoms. The number of benzene rings is 17. The Morgan fingerprint density at radius 2 is 0.636 bits per heavy atom. The van der Waals surface area contributed by atoms with Crippen molar-refractivity contribution in [1.29, 1.82) is 0 Å². The van der Waals surface area contributed by atoms with E-state index in [1.54, 1.807) is 57.7 Å². The highest BCUT2D eigenvalue weighted by Gasteiger charge is 2.47. The summed E-state index contributed by atoms with van der Waals surface area (Å²) >= 11 is 0. The van der Waals surface area contributed by atoms with Gasteiger partial charge in [0.1, 0.15) is 22.3 Å². The second kappa shape index (κ2) is 27.1. The lowest BCUT2D eigenvalue weighted by atomic mass is 9.33. The highest BCUT2D eigenvalue weighted by molar-refractivity contribution is 7.00. The lowest BCUT2D eigenvalue weighted by molar-refractivity contribution is 0.572. The van der Waals surface area contributed by atoms with Crippen LogP contribution in [0.5, 0.6) is 0 Å². The molecule has 17 aromatic carbocycles. The molecule has 4 aromatic heterocycles. The summed E-state index contributed by atoms with van der Waals surface area (Å²) in [5, 5.41) is 3.40. The molecule has 23 rings (SSSR count). The molecule has 21 aromatic rings. The van der Waals surface area contributed by atoms with Crippen LogP contribution in [-0.4, -0.2) is 15.8 Å². The standard InChI is InChI=1S/C114H87BN4O2/c1-112(2,3)80-64-101-107-102(65-80)119(109-88(77-52-48-75(49-53-77)71-32-16-11-17-33-71)69-92(114(7,8)9)111-106(109)86-41-25-29-45-104(86)121-111)100-67-82(117-96-43-27-23-39-84(96)90-63-79(55-61-98(90)117)73-36-20-13-21-37-73)57-59-94(100)115(107)93-58-56-81(116-95-42-26-22-38-83(95)89-62-78(54-60-97(89)116)72-34-18-12-19-35-72)66-99(93)118(101)108-87(76-50-46-74(47-51-76)70-30-14-10-15-31-70)68-91(113(4,5)6)110-105(108)85-40-24-28-44-103(85)120-110/h10-69H,1-9H3/i22D,23D,26D,27D,38D,39D,42D,43D,54D,55D,60D,61D,62D,63D. The molecule has 0 N–H and O–H groups in total. The summed E-state index contributed by atoms with van der Waals surface area (Å²) in [5.41, 5.74) is 19.4. The van der Waals surface area contributed by atoms with Crippen LogP contribution in [0, 0.1) is 0 Å². The minimum Gasteiger partial charge on any atom is -0.456 e. The molecule has 121 heavy (non-hydrogen) atoms. The number of hydrogen-bond donors (Lipinski definition) is 0. The summed E-state index contributed by atoms with van der Waals surface area (Å²) in [6.45, 7) is 19.0. The smallest absolute Gasteiger partial charge is 0.252 e. The van der Waals surface area contributed by atoms with E-state index in [-0.39, 0.29) is 91.0 Å². The number of hydrogen-bond acceptors (Lipinski definition) is 4. The fraction of sp³-hybridized carbons (Fsp3) is 0.105. The lowest BCUT2D eigenvalue weighted by Gasteiger charge is -2.46. The molecule has 2 aliphatic rings. The first-order chi connectivity index (χ1) is 64.8. The first-order valence-electron chi connectivity index (χ1n) is 48.3. The Morgan fingerprint density at radius 3 is 1.02 bits per heavy atom. The fourth-order valence-electron chi connectivity index (χ4n) is 18.9. The lowest BCUT2D eigenvalue weighted by Crippen LogP contribution is -2.61. The molecule has 0 spiro atoms. The maximum atomic E-state index is 10.5. The van der Waals surface area contributed by atoms with E-state index in [1.807, 2.05) is 109 Å². The van der Waals surface area contributed by atoms with Crippen molar-refractivity contribution in [3.63, 3.8) is 0 Å². The summed E-state index contributed by atoms with van der Waals surface area (Å²) in [4.78, 5) is 4.75. The zero-order valence-electron chi connectivity index (χ0n) is 82.2. The Balaban J connectivity index is 0.927. The Morgan fingerprint density at radius 1 is 0.289 bits per heavy atom. The van der Waals surface area contributed by atoms with Crippen molar-refractivity contribution in [2.24, 2.45) is 0 Å². The maximum Gasteiger partial charge on any atom is 0.252 e. The quantitative estimate of drug-likeness (QED) is 0.128. The van der Waals surface area contributed by atoms with Gasteiger partial charge in [-0.25, -0.2) is 0 Å². The summed E-state index contributed by atoms with van der Waals surface area (Å²) in [7, 11) is 0. The molecule has 0 amide bonds. The average Bonchev–Trinajstić information content (AvgIpc) is 1.62. The third kappa shape index (κ3) is 11.4. The van der Waals surface area contributed by atoms with Gasteiger partial charge < -0.3 is 27.8 Å². The van der Waals surface area contributed by atoms with Gasteiger partial charge in [0.15, 0.2) is 0 Å². The van der Waals surface area contributed by atoms with Gasteiger partial charge >= 0.3 is 0 Å². The van der Waals surface area contributed by atoms with Crippen molar-refractivity contribution in [2.45, 2.75) is 78.6 Å². The van der Waals surface area contributed by atoms with E-state index in [2.05, 4.69) is 193 Å². The molecule has 578 valence electrons. The monoisotopic (exact) mass is 1570 g/mol. The molecule has 6 heterocycles. The first-order valence-corrected chi connectivity index (χ1v) is 41.3. The van der Waals surface area contributed by atoms with Crippen LogP contribution in [-0.2, 0) is 16.2 Å². The van der Waals surface area contributed by atoms with E-state index in [0.29, 0.717) is 56.2 Å². The van der Waals surface area contributed by atoms with Crippen LogP contribution in [0.2, 0.25) is 0 Å². The number of aromatic nitrogens is 2. The van der Waals surface area contributed by atoms with E-state index >= 15 is 0 Å². The van der Waals surface area contributed by atoms with E-state index in [9.17, 15) is 19.2 Å². The third-order valence-corrected chi connectivity index (χ3v) is 24.8. The van der Waals surface area contributed by atoms with Gasteiger partial charge in [-0.05, 0) is 191 Å². The average molecular weight is 1570 g/mol. The summed E-state index contributed by atoms with van der Waals surface area (Å²) < 4.78 is 159. The third-order valence-electron chi connectivity index (χ3n) is 24.8. The maximum absolute atomic E-state index is 10.5. The molecule has 0 atom stereocenters. The van der Waals surface area contributed by atoms with Gasteiger partial charge in [0, 0.05) is 88.7 Å². The van der Waals surface area contributed by atoms with Crippen LogP contribution in [0.25, 0.3) is 166 Å². The number of fused-ring (bicyclic) bond motifs is 16. The minimum atomic E-state index is -0.812. The van der Waals surface area contributed by atoms with Gasteiger partial charge in [0.05, 0.1) is 63.4 Å². The van der Waals surface area contributed by atoms with E-state index in [4.69, 9.17) is 8.83 Å². The largest absolute Gasteiger partial charge is 0.456 e. The van der Waals surface area contributed by atoms with Crippen LogP contribution in [0.3, 0.4) is 0 Å². The van der Waals surface area contributed by atoms with Crippen LogP contribution < -0.4 is 26.2 Å². The Hall–Kier alpha value is -14.4. The number of rotatable bonds is 10. The van der Waals surface area contributed by atoms with E-state index in [0.717, 1.165) is 122 Å². The molecule has 0 aliphatic carbocycles. The highest BCUT2D eigenvalue weighted by Crippen LogP contribution is 2.58. The normalized spacial score (nSPS) is 14.6. The number of anilines is 6. The zero-order chi connectivity index (χ0) is 93.7. The molecular formula is C114H87BN4O2. The van der Waals surface area contributed by atoms with E-state index < -0.39 is 71.3 Å². The number of furan rings is 2. The molecule has 0 saturated carbocycles. The van der Waals surface area contributed by atoms with Crippen molar-refractivity contribution in [3.05, 3.63) is 380 Å². The van der Waals surface area contributed by atoms with Gasteiger partial charge in [-0.1, -0.05) is 329 Å². The van der Waals surface area contributed by atoms with Crippen LogP contribution in [0.4, 0.5) is 34.1 Å². The Bertz CT molecular complexity index is 8220. The molecule has 6 nitrogen and oxygen atoms in total. The zero-order valence-corrected chi connectivity index (χ0v) is 68.2. The topological polar surface area (TPSA) is 42.6 Å². The second-order valence-electron chi connectivity index (χ2n) is 35.2. The van der Waals surface area contributed by atoms with Gasteiger partial charge in [0.25, 0.3) is 6.71 Å². The highest BCUT2D eigenvalue weighted by atomic mass is 16.3. The van der Waals surface area contributed by atoms with Crippen molar-refractivity contribution in [2.75, 3.05) is 9.80 Å². The van der Waals surface area contributed by atoms with Gasteiger partial charge in [0.2, 0.25) is 0 Å². The van der Waals surface area contributed by atoms with Crippen LogP contribution in [0.1, 0.15) is 98.2 Å². The summed E-state index contributed by atoms with van der Waals surface area (Å²) in [6, 6.07) is 88.2. The van der Waals surface area contributed by atoms with Gasteiger partial charge in [-0.3, -0.25) is 0 Å². The summed E-state index contributed by atoms with van der Waals surface area (Å²) in [5.74, 6) is 0. The summed E-state index contributed by atoms with van der Waals surface area (Å²) in [6.07, 6.45) is 0. The van der Waals surface area contributed by atoms with Crippen molar-refractivity contribution in [3.8, 4) is 78.1 Å². The number of para-hydroxylation sites is 4. The Labute approximate surface area is 724 Å². The Kier molecular flexibility index (Phi) is 13.1. The molecule has 7 heteroatoms. The molecule has 0 unspecified atom stereocenters. The van der Waals surface area contributed by atoms with Crippen molar-refractivity contribution < 1.29 is 28.0 Å². The SMILES string of the molecule is [2H]c1c([2H])c([2H])c2c(c1[2H])c1c([2H])c(-c3ccccc3)c([2H])c([2H])c1n2-c1ccc2c(c1)N(c1c(-c3ccc(-c4ccccc4)cc3)cc(C(C)(C)C)c3oc4ccccc4c13)c1cc(C(C)(C)C)cc3c1B2c1ccc(-n2c4c([2H])c([2H])c([2H])c([2H])c4c4c([2H])c(-c5ccccc5)c([2H])c([2H])c42)cc1N3c1c(-c2ccc(-c3ccccc3)cc2)cc(C(C)(C)C)c2oc3ccccc3c12. The second-order valence-corrected chi connectivity index (χ2v) is 35.2. The minimum absolute atomic E-state index is 0.00366. The van der Waals surface area contributed by atoms with E-state index in [1.165, 1.54) is 0 Å². The predicted octanol–water partition coefficient (Wildman–Crippen LogP) is 29.7. The molecule has 0 radical (unpaired) electrons. The van der Waals surface area contributed by atoms with Gasteiger partial charge in [-0.15, -0.1) is 0 Å². The van der Waals surface area contributed by atoms with Crippen LogP contribution in [0.15, 0.2) is 372 Å². The van der Waals surface area contributed by atoms with Gasteiger partial charge in [-0.2, -0.15) is 0 Å². The molecule has 0 fully saturated rings. The predicted molar refractivity (Wildman–Crippen MR) is 512 cm³/mol. The number of nitrogens with zero attached hydrogens (tertiary/aromatic N) is 4. The van der Waals surface area contributed by atoms with Crippen LogP contribution >= 0.6 is 0 Å². The van der Waals surface area contributed by atoms with Crippen molar-refractivity contribution in [1.82, 2.24) is 9.13 Å².